The summed E-state index contributed by atoms with van der Waals surface area (Å²) in [4.78, 5) is 34.9. The van der Waals surface area contributed by atoms with Crippen LogP contribution in [0.2, 0.25) is 0 Å². The maximum Gasteiger partial charge on any atom is 0.263 e. The molecule has 0 radical (unpaired) electrons. The number of rotatable bonds is 7. The van der Waals surface area contributed by atoms with Crippen molar-refractivity contribution < 1.29 is 13.9 Å². The summed E-state index contributed by atoms with van der Waals surface area (Å²) >= 11 is 1.23. The van der Waals surface area contributed by atoms with Crippen LogP contribution in [0, 0.1) is 5.82 Å². The minimum Gasteiger partial charge on any atom is -0.376 e. The molecule has 1 amide bonds. The van der Waals surface area contributed by atoms with Crippen molar-refractivity contribution in [3.05, 3.63) is 58.8 Å². The van der Waals surface area contributed by atoms with E-state index in [1.807, 2.05) is 6.92 Å². The highest BCUT2D eigenvalue weighted by atomic mass is 32.2. The molecule has 1 N–H and O–H groups in total. The Morgan fingerprint density at radius 2 is 2.16 bits per heavy atom. The van der Waals surface area contributed by atoms with E-state index in [0.717, 1.165) is 12.8 Å². The van der Waals surface area contributed by atoms with E-state index < -0.39 is 5.25 Å². The molecule has 0 bridgehead atoms. The van der Waals surface area contributed by atoms with Crippen LogP contribution in [0.4, 0.5) is 10.1 Å². The summed E-state index contributed by atoms with van der Waals surface area (Å²) in [5.74, 6) is -0.608. The summed E-state index contributed by atoms with van der Waals surface area (Å²) in [6.45, 7) is 2.96. The number of nitrogens with zero attached hydrogens (tertiary/aromatic N) is 3. The lowest BCUT2D eigenvalue weighted by molar-refractivity contribution is -0.115. The molecule has 2 atom stereocenters. The Kier molecular flexibility index (Phi) is 6.62. The molecule has 3 aromatic rings. The van der Waals surface area contributed by atoms with Crippen LogP contribution in [0.15, 0.2) is 52.5 Å². The molecule has 0 unspecified atom stereocenters. The molecular weight excluding hydrogens is 419 g/mol. The second-order valence-corrected chi connectivity index (χ2v) is 8.50. The fourth-order valence-electron chi connectivity index (χ4n) is 3.48. The minimum absolute atomic E-state index is 0.0545. The van der Waals surface area contributed by atoms with E-state index in [4.69, 9.17) is 4.74 Å². The maximum absolute atomic E-state index is 13.2. The van der Waals surface area contributed by atoms with Gasteiger partial charge in [0.05, 0.1) is 23.3 Å². The van der Waals surface area contributed by atoms with E-state index in [2.05, 4.69) is 15.3 Å². The molecule has 4 rings (SSSR count). The fraction of sp³-hybridized carbons (Fsp3) is 0.364. The number of fused-ring (bicyclic) bond motifs is 1. The first-order chi connectivity index (χ1) is 15.0. The number of ether oxygens (including phenoxy) is 1. The highest BCUT2D eigenvalue weighted by Crippen LogP contribution is 2.27. The number of hydrogen-bond acceptors (Lipinski definition) is 6. The van der Waals surface area contributed by atoms with Gasteiger partial charge in [0.2, 0.25) is 5.91 Å². The molecule has 1 aromatic carbocycles. The van der Waals surface area contributed by atoms with Crippen molar-refractivity contribution in [2.75, 3.05) is 11.9 Å². The number of amides is 1. The number of benzene rings is 1. The summed E-state index contributed by atoms with van der Waals surface area (Å²) < 4.78 is 20.5. The standard InChI is InChI=1S/C22H23FN4O3S/c1-2-18(20(28)25-15-9-7-14(23)8-10-15)31-22-26-19-17(6-3-11-24-19)21(29)27(22)13-16-5-4-12-30-16/h3,6-11,16,18H,2,4-5,12-13H2,1H3,(H,25,28)/t16-,18-/m1/s1. The number of thioether (sulfide) groups is 1. The Balaban J connectivity index is 1.63. The zero-order valence-corrected chi connectivity index (χ0v) is 17.9. The number of anilines is 1. The maximum atomic E-state index is 13.2. The van der Waals surface area contributed by atoms with Crippen LogP contribution in [0.25, 0.3) is 11.0 Å². The smallest absolute Gasteiger partial charge is 0.263 e. The van der Waals surface area contributed by atoms with E-state index in [9.17, 15) is 14.0 Å². The van der Waals surface area contributed by atoms with Gasteiger partial charge in [0.25, 0.3) is 5.56 Å². The SMILES string of the molecule is CC[C@@H](Sc1nc2ncccc2c(=O)n1C[C@H]1CCCO1)C(=O)Nc1ccc(F)cc1. The zero-order chi connectivity index (χ0) is 21.8. The van der Waals surface area contributed by atoms with E-state index in [1.165, 1.54) is 36.0 Å². The van der Waals surface area contributed by atoms with Crippen LogP contribution in [0.5, 0.6) is 0 Å². The third-order valence-corrected chi connectivity index (χ3v) is 6.48. The third kappa shape index (κ3) is 4.94. The normalized spacial score (nSPS) is 17.0. The van der Waals surface area contributed by atoms with Gasteiger partial charge in [0.1, 0.15) is 5.82 Å². The molecule has 9 heteroatoms. The monoisotopic (exact) mass is 442 g/mol. The van der Waals surface area contributed by atoms with E-state index >= 15 is 0 Å². The lowest BCUT2D eigenvalue weighted by Crippen LogP contribution is -2.31. The first kappa shape index (κ1) is 21.5. The average Bonchev–Trinajstić information content (AvgIpc) is 3.29. The van der Waals surface area contributed by atoms with Crippen molar-refractivity contribution >= 4 is 34.4 Å². The highest BCUT2D eigenvalue weighted by Gasteiger charge is 2.25. The Hall–Kier alpha value is -2.78. The molecule has 1 aliphatic heterocycles. The van der Waals surface area contributed by atoms with Crippen molar-refractivity contribution in [2.45, 2.75) is 49.2 Å². The van der Waals surface area contributed by atoms with Gasteiger partial charge in [-0.1, -0.05) is 18.7 Å². The Labute approximate surface area is 183 Å². The topological polar surface area (TPSA) is 86.1 Å². The largest absolute Gasteiger partial charge is 0.376 e. The van der Waals surface area contributed by atoms with Crippen LogP contribution in [0.1, 0.15) is 26.2 Å². The quantitative estimate of drug-likeness (QED) is 0.444. The van der Waals surface area contributed by atoms with Crippen molar-refractivity contribution in [1.82, 2.24) is 14.5 Å². The predicted octanol–water partition coefficient (Wildman–Crippen LogP) is 3.62. The van der Waals surface area contributed by atoms with Crippen molar-refractivity contribution in [2.24, 2.45) is 0 Å². The number of nitrogens with one attached hydrogen (secondary N) is 1. The van der Waals surface area contributed by atoms with Crippen LogP contribution in [-0.2, 0) is 16.1 Å². The van der Waals surface area contributed by atoms with Gasteiger partial charge in [-0.25, -0.2) is 14.4 Å². The van der Waals surface area contributed by atoms with E-state index in [1.54, 1.807) is 22.9 Å². The fourth-order valence-corrected chi connectivity index (χ4v) is 4.50. The predicted molar refractivity (Wildman–Crippen MR) is 118 cm³/mol. The number of aromatic nitrogens is 3. The molecule has 162 valence electrons. The second kappa shape index (κ2) is 9.57. The highest BCUT2D eigenvalue weighted by molar-refractivity contribution is 8.00. The minimum atomic E-state index is -0.492. The molecule has 1 saturated heterocycles. The summed E-state index contributed by atoms with van der Waals surface area (Å²) in [7, 11) is 0. The molecule has 7 nitrogen and oxygen atoms in total. The number of pyridine rings is 1. The molecular formula is C22H23FN4O3S. The van der Waals surface area contributed by atoms with E-state index in [-0.39, 0.29) is 23.4 Å². The van der Waals surface area contributed by atoms with Crippen LogP contribution >= 0.6 is 11.8 Å². The summed E-state index contributed by atoms with van der Waals surface area (Å²) in [6, 6.07) is 9.02. The van der Waals surface area contributed by atoms with Crippen LogP contribution < -0.4 is 10.9 Å². The molecule has 0 aliphatic carbocycles. The van der Waals surface area contributed by atoms with Crippen LogP contribution in [-0.4, -0.2) is 38.4 Å². The van der Waals surface area contributed by atoms with Gasteiger partial charge in [-0.05, 0) is 55.7 Å². The number of carbonyl (C=O) groups is 1. The van der Waals surface area contributed by atoms with Gasteiger partial charge in [-0.15, -0.1) is 0 Å². The molecule has 0 spiro atoms. The van der Waals surface area contributed by atoms with E-state index in [0.29, 0.717) is 41.4 Å². The Morgan fingerprint density at radius 3 is 2.87 bits per heavy atom. The molecule has 0 saturated carbocycles. The van der Waals surface area contributed by atoms with Crippen LogP contribution in [0.3, 0.4) is 0 Å². The zero-order valence-electron chi connectivity index (χ0n) is 17.1. The molecule has 31 heavy (non-hydrogen) atoms. The number of carbonyl (C=O) groups excluding carboxylic acids is 1. The number of halogens is 1. The molecule has 1 aliphatic rings. The summed E-state index contributed by atoms with van der Waals surface area (Å²) in [6.07, 6.45) is 3.90. The third-order valence-electron chi connectivity index (χ3n) is 5.13. The van der Waals surface area contributed by atoms with Gasteiger partial charge in [-0.2, -0.15) is 0 Å². The second-order valence-electron chi connectivity index (χ2n) is 7.33. The first-order valence-electron chi connectivity index (χ1n) is 10.3. The van der Waals surface area contributed by atoms with Gasteiger partial charge in [-0.3, -0.25) is 14.2 Å². The van der Waals surface area contributed by atoms with Gasteiger partial charge < -0.3 is 10.1 Å². The van der Waals surface area contributed by atoms with Gasteiger partial charge >= 0.3 is 0 Å². The lowest BCUT2D eigenvalue weighted by atomic mass is 10.2. The summed E-state index contributed by atoms with van der Waals surface area (Å²) in [5, 5.41) is 3.19. The van der Waals surface area contributed by atoms with Crippen molar-refractivity contribution in [3.8, 4) is 0 Å². The lowest BCUT2D eigenvalue weighted by Gasteiger charge is -2.19. The first-order valence-corrected chi connectivity index (χ1v) is 11.1. The number of hydrogen-bond donors (Lipinski definition) is 1. The average molecular weight is 443 g/mol. The molecule has 2 aromatic heterocycles. The molecule has 3 heterocycles. The van der Waals surface area contributed by atoms with Gasteiger partial charge in [0, 0.05) is 18.5 Å². The molecule has 1 fully saturated rings. The summed E-state index contributed by atoms with van der Waals surface area (Å²) in [5.41, 5.74) is 0.674. The Bertz CT molecular complexity index is 1130. The van der Waals surface area contributed by atoms with Crippen molar-refractivity contribution in [3.63, 3.8) is 0 Å². The Morgan fingerprint density at radius 1 is 1.35 bits per heavy atom. The van der Waals surface area contributed by atoms with Crippen molar-refractivity contribution in [1.29, 1.82) is 0 Å². The van der Waals surface area contributed by atoms with Gasteiger partial charge in [0.15, 0.2) is 10.8 Å².